The second-order valence-corrected chi connectivity index (χ2v) is 8.76. The number of rotatable bonds is 0. The van der Waals surface area contributed by atoms with Gasteiger partial charge >= 0.3 is 0 Å². The first-order valence-electron chi connectivity index (χ1n) is 8.97. The van der Waals surface area contributed by atoms with Crippen LogP contribution in [0.25, 0.3) is 0 Å². The average molecular weight is 300 g/mol. The minimum atomic E-state index is -0.121. The minimum absolute atomic E-state index is 0.115. The summed E-state index contributed by atoms with van der Waals surface area (Å²) in [7, 11) is 0. The quantitative estimate of drug-likeness (QED) is 0.733. The third-order valence-corrected chi connectivity index (χ3v) is 7.88. The lowest BCUT2D eigenvalue weighted by atomic mass is 9.46. The van der Waals surface area contributed by atoms with Gasteiger partial charge in [0.25, 0.3) is 0 Å². The molecule has 22 heavy (non-hydrogen) atoms. The van der Waals surface area contributed by atoms with E-state index in [0.29, 0.717) is 24.2 Å². The molecule has 4 rings (SSSR count). The van der Waals surface area contributed by atoms with Gasteiger partial charge in [0, 0.05) is 6.42 Å². The van der Waals surface area contributed by atoms with E-state index in [4.69, 9.17) is 0 Å². The van der Waals surface area contributed by atoms with Gasteiger partial charge in [-0.05, 0) is 78.8 Å². The van der Waals surface area contributed by atoms with E-state index in [1.165, 1.54) is 24.0 Å². The van der Waals surface area contributed by atoms with Crippen LogP contribution in [0, 0.1) is 28.6 Å². The molecule has 0 spiro atoms. The molecular formula is C20H28O2. The third-order valence-electron chi connectivity index (χ3n) is 7.88. The van der Waals surface area contributed by atoms with Crippen molar-refractivity contribution in [3.8, 4) is 0 Å². The van der Waals surface area contributed by atoms with Gasteiger partial charge in [0.1, 0.15) is 0 Å². The van der Waals surface area contributed by atoms with Gasteiger partial charge in [0.05, 0.1) is 6.10 Å². The van der Waals surface area contributed by atoms with Crippen LogP contribution in [0.3, 0.4) is 0 Å². The Hall–Kier alpha value is -0.890. The van der Waals surface area contributed by atoms with E-state index in [-0.39, 0.29) is 22.7 Å². The lowest BCUT2D eigenvalue weighted by Crippen LogP contribution is -2.51. The van der Waals surface area contributed by atoms with Crippen LogP contribution in [0.15, 0.2) is 23.8 Å². The van der Waals surface area contributed by atoms with Crippen LogP contribution in [0.2, 0.25) is 0 Å². The van der Waals surface area contributed by atoms with Crippen molar-refractivity contribution in [3.05, 3.63) is 23.8 Å². The fourth-order valence-corrected chi connectivity index (χ4v) is 6.54. The van der Waals surface area contributed by atoms with Crippen molar-refractivity contribution in [2.45, 2.75) is 64.9 Å². The van der Waals surface area contributed by atoms with Crippen molar-refractivity contribution in [3.63, 3.8) is 0 Å². The summed E-state index contributed by atoms with van der Waals surface area (Å²) in [5.74, 6) is 2.23. The number of carbonyl (C=O) groups excluding carboxylic acids is 1. The molecule has 3 fully saturated rings. The van der Waals surface area contributed by atoms with Gasteiger partial charge < -0.3 is 5.11 Å². The summed E-state index contributed by atoms with van der Waals surface area (Å²) < 4.78 is 0. The molecule has 3 unspecified atom stereocenters. The summed E-state index contributed by atoms with van der Waals surface area (Å²) in [5, 5.41) is 10.5. The van der Waals surface area contributed by atoms with E-state index in [9.17, 15) is 9.90 Å². The highest BCUT2D eigenvalue weighted by molar-refractivity contribution is 5.92. The fraction of sp³-hybridized carbons (Fsp3) is 0.750. The number of fused-ring (bicyclic) bond motifs is 5. The summed E-state index contributed by atoms with van der Waals surface area (Å²) in [6, 6.07) is 0. The predicted octanol–water partition coefficient (Wildman–Crippen LogP) is 4.05. The average Bonchev–Trinajstić information content (AvgIpc) is 2.77. The second-order valence-electron chi connectivity index (χ2n) is 8.76. The molecule has 0 aromatic rings. The van der Waals surface area contributed by atoms with E-state index >= 15 is 0 Å². The summed E-state index contributed by atoms with van der Waals surface area (Å²) in [4.78, 5) is 11.9. The Morgan fingerprint density at radius 3 is 2.73 bits per heavy atom. The molecule has 0 bridgehead atoms. The van der Waals surface area contributed by atoms with Gasteiger partial charge in [-0.25, -0.2) is 0 Å². The highest BCUT2D eigenvalue weighted by atomic mass is 16.3. The zero-order valence-corrected chi connectivity index (χ0v) is 13.9. The van der Waals surface area contributed by atoms with Gasteiger partial charge in [-0.1, -0.05) is 26.0 Å². The van der Waals surface area contributed by atoms with Crippen molar-refractivity contribution >= 4 is 5.78 Å². The molecule has 3 saturated carbocycles. The highest BCUT2D eigenvalue weighted by Gasteiger charge is 2.59. The first-order valence-corrected chi connectivity index (χ1v) is 8.97. The Morgan fingerprint density at radius 1 is 1.18 bits per heavy atom. The van der Waals surface area contributed by atoms with Crippen molar-refractivity contribution in [2.24, 2.45) is 28.6 Å². The maximum atomic E-state index is 11.9. The number of allylic oxidation sites excluding steroid dienone is 2. The Bertz CT molecular complexity index is 574. The normalized spacial score (nSPS) is 51.0. The Kier molecular flexibility index (Phi) is 3.05. The topological polar surface area (TPSA) is 37.3 Å². The monoisotopic (exact) mass is 300 g/mol. The number of aliphatic hydroxyl groups is 1. The molecule has 1 N–H and O–H groups in total. The molecule has 0 radical (unpaired) electrons. The summed E-state index contributed by atoms with van der Waals surface area (Å²) in [6.07, 6.45) is 8.98. The standard InChI is InChI=1S/C20H28O2/c1-12-10-14-15-4-5-18(22)20(15,3)9-7-16(14)19(2)8-6-13(21)11-17(12)19/h11,14-16,18,22H,1,4-10H2,2-3H3/t14?,15?,16?,18-,19+,20-/m0/s1. The molecule has 0 saturated heterocycles. The molecule has 0 aromatic carbocycles. The van der Waals surface area contributed by atoms with E-state index in [0.717, 1.165) is 25.7 Å². The summed E-state index contributed by atoms with van der Waals surface area (Å²) in [5.41, 5.74) is 2.71. The number of hydrogen-bond acceptors (Lipinski definition) is 2. The van der Waals surface area contributed by atoms with Crippen LogP contribution >= 0.6 is 0 Å². The largest absolute Gasteiger partial charge is 0.393 e. The molecule has 0 aliphatic heterocycles. The molecule has 4 aliphatic rings. The van der Waals surface area contributed by atoms with Gasteiger partial charge in [-0.15, -0.1) is 0 Å². The second kappa shape index (κ2) is 4.56. The Balaban J connectivity index is 1.75. The fourth-order valence-electron chi connectivity index (χ4n) is 6.54. The highest BCUT2D eigenvalue weighted by Crippen LogP contribution is 2.65. The van der Waals surface area contributed by atoms with Gasteiger partial charge in [0.15, 0.2) is 5.78 Å². The number of aliphatic hydroxyl groups excluding tert-OH is 1. The molecule has 0 aromatic heterocycles. The Morgan fingerprint density at radius 2 is 1.95 bits per heavy atom. The zero-order valence-electron chi connectivity index (χ0n) is 13.9. The SMILES string of the molecule is C=C1CC2C(CC[C@@]3(C)C2CC[C@@H]3O)[C@@]2(C)CCC(=O)C=C12. The first-order chi connectivity index (χ1) is 10.4. The van der Waals surface area contributed by atoms with Crippen molar-refractivity contribution in [2.75, 3.05) is 0 Å². The lowest BCUT2D eigenvalue weighted by molar-refractivity contribution is -0.117. The molecule has 0 heterocycles. The van der Waals surface area contributed by atoms with Gasteiger partial charge in [-0.3, -0.25) is 4.79 Å². The molecule has 2 nitrogen and oxygen atoms in total. The maximum Gasteiger partial charge on any atom is 0.156 e. The number of carbonyl (C=O) groups is 1. The molecule has 120 valence electrons. The third kappa shape index (κ3) is 1.73. The van der Waals surface area contributed by atoms with Crippen LogP contribution in [0.5, 0.6) is 0 Å². The van der Waals surface area contributed by atoms with Gasteiger partial charge in [0.2, 0.25) is 0 Å². The first kappa shape index (κ1) is 14.7. The van der Waals surface area contributed by atoms with Gasteiger partial charge in [-0.2, -0.15) is 0 Å². The van der Waals surface area contributed by atoms with Crippen LogP contribution in [-0.4, -0.2) is 17.0 Å². The predicted molar refractivity (Wildman–Crippen MR) is 87.2 cm³/mol. The number of hydrogen-bond donors (Lipinski definition) is 1. The van der Waals surface area contributed by atoms with Crippen LogP contribution in [0.1, 0.15) is 58.8 Å². The zero-order chi connectivity index (χ0) is 15.7. The lowest BCUT2D eigenvalue weighted by Gasteiger charge is -2.58. The van der Waals surface area contributed by atoms with E-state index in [1.807, 2.05) is 6.08 Å². The summed E-state index contributed by atoms with van der Waals surface area (Å²) >= 11 is 0. The minimum Gasteiger partial charge on any atom is -0.393 e. The Labute approximate surface area is 133 Å². The molecule has 0 amide bonds. The van der Waals surface area contributed by atoms with Crippen LogP contribution in [0.4, 0.5) is 0 Å². The molecule has 6 atom stereocenters. The summed E-state index contributed by atoms with van der Waals surface area (Å²) in [6.45, 7) is 9.03. The van der Waals surface area contributed by atoms with Crippen molar-refractivity contribution < 1.29 is 9.90 Å². The maximum absolute atomic E-state index is 11.9. The molecule has 4 aliphatic carbocycles. The smallest absolute Gasteiger partial charge is 0.156 e. The molecular weight excluding hydrogens is 272 g/mol. The van der Waals surface area contributed by atoms with E-state index in [1.54, 1.807) is 0 Å². The van der Waals surface area contributed by atoms with Crippen LogP contribution < -0.4 is 0 Å². The molecule has 2 heteroatoms. The number of ketones is 1. The van der Waals surface area contributed by atoms with E-state index in [2.05, 4.69) is 20.4 Å². The van der Waals surface area contributed by atoms with Crippen molar-refractivity contribution in [1.82, 2.24) is 0 Å². The van der Waals surface area contributed by atoms with Crippen LogP contribution in [-0.2, 0) is 4.79 Å². The van der Waals surface area contributed by atoms with E-state index < -0.39 is 0 Å². The van der Waals surface area contributed by atoms with Crippen molar-refractivity contribution in [1.29, 1.82) is 0 Å².